The van der Waals surface area contributed by atoms with Crippen LogP contribution in [0.4, 0.5) is 5.69 Å². The van der Waals surface area contributed by atoms with Crippen LogP contribution >= 0.6 is 0 Å². The van der Waals surface area contributed by atoms with E-state index in [-0.39, 0.29) is 11.8 Å². The summed E-state index contributed by atoms with van der Waals surface area (Å²) in [6.07, 6.45) is 1.05. The SMILES string of the molecule is CC(C)c1[nH]nc(C(=O)N2CCC(C)C(C)C2)c1N. The van der Waals surface area contributed by atoms with E-state index in [1.165, 1.54) is 0 Å². The summed E-state index contributed by atoms with van der Waals surface area (Å²) in [6, 6.07) is 0. The van der Waals surface area contributed by atoms with Crippen LogP contribution in [-0.4, -0.2) is 34.1 Å². The third-order valence-electron chi connectivity index (χ3n) is 4.23. The number of H-pyrrole nitrogens is 1. The number of hydrogen-bond acceptors (Lipinski definition) is 3. The first-order valence-corrected chi connectivity index (χ1v) is 7.04. The number of amides is 1. The normalized spacial score (nSPS) is 23.9. The molecule has 1 aromatic heterocycles. The lowest BCUT2D eigenvalue weighted by atomic mass is 9.88. The molecule has 0 bridgehead atoms. The van der Waals surface area contributed by atoms with E-state index < -0.39 is 0 Å². The summed E-state index contributed by atoms with van der Waals surface area (Å²) in [5, 5.41) is 7.01. The molecule has 0 saturated carbocycles. The van der Waals surface area contributed by atoms with Gasteiger partial charge in [0.25, 0.3) is 5.91 Å². The molecule has 0 spiro atoms. The average molecular weight is 264 g/mol. The van der Waals surface area contributed by atoms with Crippen LogP contribution in [0.2, 0.25) is 0 Å². The Morgan fingerprint density at radius 1 is 1.42 bits per heavy atom. The Bertz CT molecular complexity index is 466. The Kier molecular flexibility index (Phi) is 3.83. The summed E-state index contributed by atoms with van der Waals surface area (Å²) < 4.78 is 0. The van der Waals surface area contributed by atoms with E-state index in [0.29, 0.717) is 23.2 Å². The van der Waals surface area contributed by atoms with E-state index in [9.17, 15) is 4.79 Å². The molecule has 0 aromatic carbocycles. The Balaban J connectivity index is 2.16. The number of hydrogen-bond donors (Lipinski definition) is 2. The second-order valence-electron chi connectivity index (χ2n) is 6.05. The third-order valence-corrected chi connectivity index (χ3v) is 4.23. The van der Waals surface area contributed by atoms with E-state index in [0.717, 1.165) is 25.2 Å². The predicted octanol–water partition coefficient (Wildman–Crippen LogP) is 2.23. The first-order chi connectivity index (χ1) is 8.91. The van der Waals surface area contributed by atoms with Gasteiger partial charge in [-0.25, -0.2) is 0 Å². The molecule has 0 radical (unpaired) electrons. The molecule has 5 heteroatoms. The molecule has 2 rings (SSSR count). The van der Waals surface area contributed by atoms with Crippen molar-refractivity contribution >= 4 is 11.6 Å². The minimum atomic E-state index is -0.0422. The van der Waals surface area contributed by atoms with Crippen molar-refractivity contribution in [2.75, 3.05) is 18.8 Å². The first-order valence-electron chi connectivity index (χ1n) is 7.04. The van der Waals surface area contributed by atoms with Gasteiger partial charge in [0.1, 0.15) is 0 Å². The van der Waals surface area contributed by atoms with E-state index in [4.69, 9.17) is 5.73 Å². The van der Waals surface area contributed by atoms with Gasteiger partial charge in [-0.2, -0.15) is 5.10 Å². The second kappa shape index (κ2) is 5.23. The Labute approximate surface area is 114 Å². The molecule has 2 unspecified atom stereocenters. The van der Waals surface area contributed by atoms with Crippen molar-refractivity contribution in [3.05, 3.63) is 11.4 Å². The van der Waals surface area contributed by atoms with Crippen molar-refractivity contribution < 1.29 is 4.79 Å². The number of nitrogens with zero attached hydrogens (tertiary/aromatic N) is 2. The smallest absolute Gasteiger partial charge is 0.276 e. The van der Waals surface area contributed by atoms with Crippen molar-refractivity contribution in [2.24, 2.45) is 11.8 Å². The topological polar surface area (TPSA) is 75.0 Å². The Hall–Kier alpha value is -1.52. The second-order valence-corrected chi connectivity index (χ2v) is 6.05. The number of nitrogen functional groups attached to an aromatic ring is 1. The standard InChI is InChI=1S/C14H24N4O/c1-8(2)12-11(15)13(17-16-12)14(19)18-6-5-9(3)10(4)7-18/h8-10H,5-7,15H2,1-4H3,(H,16,17). The number of aromatic nitrogens is 2. The monoisotopic (exact) mass is 264 g/mol. The number of nitrogens with two attached hydrogens (primary N) is 1. The number of nitrogens with one attached hydrogen (secondary N) is 1. The van der Waals surface area contributed by atoms with E-state index >= 15 is 0 Å². The van der Waals surface area contributed by atoms with Crippen LogP contribution in [0.15, 0.2) is 0 Å². The molecule has 1 aromatic rings. The van der Waals surface area contributed by atoms with Crippen LogP contribution in [-0.2, 0) is 0 Å². The van der Waals surface area contributed by atoms with Crippen molar-refractivity contribution in [1.82, 2.24) is 15.1 Å². The minimum Gasteiger partial charge on any atom is -0.395 e. The Morgan fingerprint density at radius 3 is 2.63 bits per heavy atom. The quantitative estimate of drug-likeness (QED) is 0.860. The number of piperidine rings is 1. The van der Waals surface area contributed by atoms with Crippen LogP contribution in [0.3, 0.4) is 0 Å². The maximum absolute atomic E-state index is 12.5. The number of carbonyl (C=O) groups excluding carboxylic acids is 1. The lowest BCUT2D eigenvalue weighted by molar-refractivity contribution is 0.0622. The fourth-order valence-corrected chi connectivity index (χ4v) is 2.56. The third kappa shape index (κ3) is 2.60. The molecular formula is C14H24N4O. The van der Waals surface area contributed by atoms with Crippen LogP contribution < -0.4 is 5.73 Å². The van der Waals surface area contributed by atoms with Gasteiger partial charge < -0.3 is 10.6 Å². The highest BCUT2D eigenvalue weighted by Gasteiger charge is 2.29. The summed E-state index contributed by atoms with van der Waals surface area (Å²) >= 11 is 0. The molecule has 19 heavy (non-hydrogen) atoms. The van der Waals surface area contributed by atoms with Crippen molar-refractivity contribution in [1.29, 1.82) is 0 Å². The number of rotatable bonds is 2. The number of likely N-dealkylation sites (tertiary alicyclic amines) is 1. The molecular weight excluding hydrogens is 240 g/mol. The highest BCUT2D eigenvalue weighted by molar-refractivity contribution is 5.97. The molecule has 0 aliphatic carbocycles. The molecule has 2 heterocycles. The van der Waals surface area contributed by atoms with Gasteiger partial charge in [-0.05, 0) is 24.2 Å². The number of carbonyl (C=O) groups is 1. The lowest BCUT2D eigenvalue weighted by Crippen LogP contribution is -2.42. The van der Waals surface area contributed by atoms with Gasteiger partial charge in [-0.3, -0.25) is 9.89 Å². The van der Waals surface area contributed by atoms with Crippen molar-refractivity contribution in [2.45, 2.75) is 40.0 Å². The largest absolute Gasteiger partial charge is 0.395 e. The summed E-state index contributed by atoms with van der Waals surface area (Å²) in [5.41, 5.74) is 7.77. The number of aromatic amines is 1. The van der Waals surface area contributed by atoms with E-state index in [2.05, 4.69) is 24.0 Å². The average Bonchev–Trinajstić information content (AvgIpc) is 2.74. The van der Waals surface area contributed by atoms with E-state index in [1.54, 1.807) is 0 Å². The summed E-state index contributed by atoms with van der Waals surface area (Å²) in [4.78, 5) is 14.3. The van der Waals surface area contributed by atoms with Gasteiger partial charge in [0.15, 0.2) is 5.69 Å². The van der Waals surface area contributed by atoms with E-state index in [1.807, 2.05) is 18.7 Å². The van der Waals surface area contributed by atoms with Crippen LogP contribution in [0.5, 0.6) is 0 Å². The highest BCUT2D eigenvalue weighted by atomic mass is 16.2. The molecule has 2 atom stereocenters. The van der Waals surface area contributed by atoms with Gasteiger partial charge in [-0.15, -0.1) is 0 Å². The molecule has 1 fully saturated rings. The van der Waals surface area contributed by atoms with Gasteiger partial charge in [-0.1, -0.05) is 27.7 Å². The van der Waals surface area contributed by atoms with Crippen molar-refractivity contribution in [3.8, 4) is 0 Å². The molecule has 1 amide bonds. The molecule has 1 aliphatic heterocycles. The maximum Gasteiger partial charge on any atom is 0.276 e. The van der Waals surface area contributed by atoms with Gasteiger partial charge in [0.2, 0.25) is 0 Å². The maximum atomic E-state index is 12.5. The van der Waals surface area contributed by atoms with Gasteiger partial charge in [0, 0.05) is 13.1 Å². The van der Waals surface area contributed by atoms with Gasteiger partial charge >= 0.3 is 0 Å². The first kappa shape index (κ1) is 13.9. The van der Waals surface area contributed by atoms with Crippen LogP contribution in [0.1, 0.15) is 56.2 Å². The fraction of sp³-hybridized carbons (Fsp3) is 0.714. The zero-order valence-corrected chi connectivity index (χ0v) is 12.2. The highest BCUT2D eigenvalue weighted by Crippen LogP contribution is 2.27. The fourth-order valence-electron chi connectivity index (χ4n) is 2.56. The summed E-state index contributed by atoms with van der Waals surface area (Å²) in [7, 11) is 0. The minimum absolute atomic E-state index is 0.0422. The molecule has 3 N–H and O–H groups in total. The van der Waals surface area contributed by atoms with Crippen molar-refractivity contribution in [3.63, 3.8) is 0 Å². The molecule has 106 valence electrons. The summed E-state index contributed by atoms with van der Waals surface area (Å²) in [6.45, 7) is 10.1. The Morgan fingerprint density at radius 2 is 2.11 bits per heavy atom. The molecule has 1 saturated heterocycles. The zero-order valence-electron chi connectivity index (χ0n) is 12.2. The zero-order chi connectivity index (χ0) is 14.2. The summed E-state index contributed by atoms with van der Waals surface area (Å²) in [5.74, 6) is 1.41. The number of anilines is 1. The predicted molar refractivity (Wildman–Crippen MR) is 75.9 cm³/mol. The molecule has 5 nitrogen and oxygen atoms in total. The lowest BCUT2D eigenvalue weighted by Gasteiger charge is -2.34. The van der Waals surface area contributed by atoms with Crippen LogP contribution in [0, 0.1) is 11.8 Å². The van der Waals surface area contributed by atoms with Crippen LogP contribution in [0.25, 0.3) is 0 Å². The van der Waals surface area contributed by atoms with Gasteiger partial charge in [0.05, 0.1) is 11.4 Å². The molecule has 1 aliphatic rings.